The standard InChI is InChI=1S/C11H14N5O6PS/c1-11(18)6-4(2-20-23(19,24)22-6)21-9(11)16-3-13-5-7(16)14-10(12)15-8(5)17/h3-4,6,9,18H,2H2,1H3,(H,19,24)(H3,12,14,15,17)/p-1/t4-,6-,9-,11-,23?/m1/s1. The number of nitrogens with two attached hydrogens (primary N) is 1. The van der Waals surface area contributed by atoms with Gasteiger partial charge in [-0.1, -0.05) is 0 Å². The Morgan fingerprint density at radius 2 is 2.29 bits per heavy atom. The summed E-state index contributed by atoms with van der Waals surface area (Å²) in [5.74, 6) is -0.841. The zero-order valence-corrected chi connectivity index (χ0v) is 14.0. The molecule has 24 heavy (non-hydrogen) atoms. The SMILES string of the molecule is C[C@@]1(O)[C@@H]2O[P+](O)([S-])OC[C@H]2O[C@H]1n1cnc2c([O-])nc(N)nc21. The Hall–Kier alpha value is -1.27. The number of hydrogen-bond acceptors (Lipinski definition) is 11. The van der Waals surface area contributed by atoms with Crippen LogP contribution in [0.4, 0.5) is 5.95 Å². The van der Waals surface area contributed by atoms with Crippen LogP contribution < -0.4 is 10.8 Å². The van der Waals surface area contributed by atoms with Crippen molar-refractivity contribution in [3.8, 4) is 5.88 Å². The molecular formula is C11H13N5O6PS-. The molecule has 0 saturated carbocycles. The van der Waals surface area contributed by atoms with Crippen molar-refractivity contribution in [2.45, 2.75) is 31.0 Å². The van der Waals surface area contributed by atoms with E-state index in [4.69, 9.17) is 31.8 Å². The molecule has 0 radical (unpaired) electrons. The Morgan fingerprint density at radius 3 is 3.04 bits per heavy atom. The van der Waals surface area contributed by atoms with E-state index in [1.165, 1.54) is 17.8 Å². The van der Waals surface area contributed by atoms with Crippen molar-refractivity contribution in [2.75, 3.05) is 12.3 Å². The van der Waals surface area contributed by atoms with Gasteiger partial charge in [0.2, 0.25) is 5.95 Å². The van der Waals surface area contributed by atoms with Crippen LogP contribution in [0.3, 0.4) is 0 Å². The predicted molar refractivity (Wildman–Crippen MR) is 81.0 cm³/mol. The number of aliphatic hydroxyl groups is 1. The third kappa shape index (κ3) is 2.34. The molecule has 2 aliphatic heterocycles. The highest BCUT2D eigenvalue weighted by atomic mass is 32.7. The summed E-state index contributed by atoms with van der Waals surface area (Å²) < 4.78 is 17.6. The van der Waals surface area contributed by atoms with Crippen LogP contribution in [0.25, 0.3) is 11.2 Å². The molecule has 11 nitrogen and oxygen atoms in total. The van der Waals surface area contributed by atoms with Crippen LogP contribution in [0.2, 0.25) is 0 Å². The van der Waals surface area contributed by atoms with Crippen LogP contribution >= 0.6 is 7.15 Å². The van der Waals surface area contributed by atoms with Crippen LogP contribution in [0.5, 0.6) is 5.88 Å². The number of rotatable bonds is 1. The second kappa shape index (κ2) is 5.11. The maximum absolute atomic E-state index is 11.8. The first-order chi connectivity index (χ1) is 11.2. The zero-order valence-electron chi connectivity index (χ0n) is 12.3. The minimum atomic E-state index is -3.43. The van der Waals surface area contributed by atoms with Gasteiger partial charge in [0.1, 0.15) is 23.8 Å². The Kier molecular flexibility index (Phi) is 3.45. The van der Waals surface area contributed by atoms with Crippen LogP contribution in [0.15, 0.2) is 6.33 Å². The number of hydrogen-bond donors (Lipinski definition) is 3. The number of ether oxygens (including phenoxy) is 1. The minimum Gasteiger partial charge on any atom is -0.857 e. The van der Waals surface area contributed by atoms with Crippen molar-refractivity contribution in [3.63, 3.8) is 0 Å². The summed E-state index contributed by atoms with van der Waals surface area (Å²) in [7, 11) is -3.43. The molecule has 0 bridgehead atoms. The summed E-state index contributed by atoms with van der Waals surface area (Å²) in [6.07, 6.45) is -1.26. The summed E-state index contributed by atoms with van der Waals surface area (Å²) in [5, 5.41) is 22.7. The molecule has 2 fully saturated rings. The van der Waals surface area contributed by atoms with Gasteiger partial charge in [-0.2, -0.15) is 14.0 Å². The fourth-order valence-electron chi connectivity index (χ4n) is 2.96. The van der Waals surface area contributed by atoms with Gasteiger partial charge in [0.15, 0.2) is 18.0 Å². The lowest BCUT2D eigenvalue weighted by Crippen LogP contribution is -2.48. The lowest BCUT2D eigenvalue weighted by molar-refractivity contribution is -0.272. The quantitative estimate of drug-likeness (QED) is 0.404. The third-order valence-electron chi connectivity index (χ3n) is 4.03. The lowest BCUT2D eigenvalue weighted by atomic mass is 9.96. The van der Waals surface area contributed by atoms with Crippen LogP contribution in [0, 0.1) is 0 Å². The maximum Gasteiger partial charge on any atom is 0.287 e. The predicted octanol–water partition coefficient (Wildman–Crippen LogP) is -1.24. The average Bonchev–Trinajstić information content (AvgIpc) is 2.98. The lowest BCUT2D eigenvalue weighted by Gasteiger charge is -2.36. The van der Waals surface area contributed by atoms with Crippen LogP contribution in [0.1, 0.15) is 13.2 Å². The number of nitrogen functional groups attached to an aromatic ring is 1. The number of fused-ring (bicyclic) bond motifs is 2. The van der Waals surface area contributed by atoms with Crippen molar-refractivity contribution in [2.24, 2.45) is 0 Å². The molecule has 1 unspecified atom stereocenters. The van der Waals surface area contributed by atoms with Gasteiger partial charge < -0.3 is 32.9 Å². The van der Waals surface area contributed by atoms with Gasteiger partial charge in [-0.15, -0.1) is 0 Å². The highest BCUT2D eigenvalue weighted by molar-refractivity contribution is 8.35. The van der Waals surface area contributed by atoms with E-state index in [1.54, 1.807) is 0 Å². The monoisotopic (exact) mass is 374 g/mol. The summed E-state index contributed by atoms with van der Waals surface area (Å²) in [5.41, 5.74) is 4.06. The topological polar surface area (TPSA) is 161 Å². The van der Waals surface area contributed by atoms with Crippen molar-refractivity contribution in [1.29, 1.82) is 0 Å². The van der Waals surface area contributed by atoms with Crippen molar-refractivity contribution >= 4 is 36.5 Å². The van der Waals surface area contributed by atoms with Gasteiger partial charge in [0.05, 0.1) is 6.33 Å². The molecule has 2 aromatic rings. The van der Waals surface area contributed by atoms with Gasteiger partial charge in [0.25, 0.3) is 7.15 Å². The van der Waals surface area contributed by atoms with E-state index in [2.05, 4.69) is 15.0 Å². The highest BCUT2D eigenvalue weighted by Gasteiger charge is 2.61. The van der Waals surface area contributed by atoms with Gasteiger partial charge in [-0.3, -0.25) is 4.57 Å². The maximum atomic E-state index is 11.8. The van der Waals surface area contributed by atoms with Crippen molar-refractivity contribution < 1.29 is 28.9 Å². The summed E-state index contributed by atoms with van der Waals surface area (Å²) in [6.45, 7) is 1.44. The van der Waals surface area contributed by atoms with Crippen molar-refractivity contribution in [1.82, 2.24) is 19.5 Å². The normalized spacial score (nSPS) is 39.2. The number of aromatic nitrogens is 4. The molecular weight excluding hydrogens is 361 g/mol. The average molecular weight is 374 g/mol. The summed E-state index contributed by atoms with van der Waals surface area (Å²) in [6, 6.07) is 0. The smallest absolute Gasteiger partial charge is 0.287 e. The van der Waals surface area contributed by atoms with E-state index in [9.17, 15) is 15.1 Å². The molecule has 0 amide bonds. The molecule has 4 heterocycles. The molecule has 5 atom stereocenters. The number of nitrogens with zero attached hydrogens (tertiary/aromatic N) is 4. The van der Waals surface area contributed by atoms with Gasteiger partial charge in [-0.25, -0.2) is 14.9 Å². The van der Waals surface area contributed by atoms with Crippen LogP contribution in [-0.2, 0) is 26.0 Å². The first-order valence-electron chi connectivity index (χ1n) is 6.90. The number of imidazole rings is 1. The highest BCUT2D eigenvalue weighted by Crippen LogP contribution is 2.62. The fourth-order valence-corrected chi connectivity index (χ4v) is 4.45. The number of anilines is 1. The summed E-state index contributed by atoms with van der Waals surface area (Å²) >= 11 is 4.83. The summed E-state index contributed by atoms with van der Waals surface area (Å²) in [4.78, 5) is 21.3. The van der Waals surface area contributed by atoms with Crippen LogP contribution in [-0.4, -0.2) is 53.9 Å². The van der Waals surface area contributed by atoms with Gasteiger partial charge >= 0.3 is 0 Å². The van der Waals surface area contributed by atoms with E-state index in [1.807, 2.05) is 0 Å². The molecule has 4 N–H and O–H groups in total. The molecule has 130 valence electrons. The zero-order chi connectivity index (χ0) is 17.3. The molecule has 0 aliphatic carbocycles. The largest absolute Gasteiger partial charge is 0.857 e. The Balaban J connectivity index is 1.78. The Labute approximate surface area is 141 Å². The van der Waals surface area contributed by atoms with E-state index in [-0.39, 0.29) is 23.7 Å². The minimum absolute atomic E-state index is 0.00270. The fraction of sp³-hybridized carbons (Fsp3) is 0.545. The van der Waals surface area contributed by atoms with Crippen molar-refractivity contribution in [3.05, 3.63) is 6.33 Å². The van der Waals surface area contributed by atoms with E-state index in [0.717, 1.165) is 0 Å². The first kappa shape index (κ1) is 16.2. The molecule has 0 aromatic carbocycles. The molecule has 2 aliphatic rings. The first-order valence-corrected chi connectivity index (χ1v) is 9.49. The molecule has 4 rings (SSSR count). The Morgan fingerprint density at radius 1 is 1.54 bits per heavy atom. The molecule has 13 heteroatoms. The van der Waals surface area contributed by atoms with E-state index >= 15 is 0 Å². The second-order valence-corrected chi connectivity index (χ2v) is 8.54. The molecule has 2 aromatic heterocycles. The molecule has 0 spiro atoms. The van der Waals surface area contributed by atoms with E-state index in [0.29, 0.717) is 0 Å². The second-order valence-electron chi connectivity index (χ2n) is 5.75. The Bertz CT molecular complexity index is 816. The molecule has 2 saturated heterocycles. The third-order valence-corrected chi connectivity index (χ3v) is 5.57. The van der Waals surface area contributed by atoms with E-state index < -0.39 is 37.1 Å². The van der Waals surface area contributed by atoms with Gasteiger partial charge in [-0.05, 0) is 6.92 Å². The van der Waals surface area contributed by atoms with Gasteiger partial charge in [0, 0.05) is 5.88 Å².